The smallest absolute Gasteiger partial charge is 0.336 e. The third-order valence-corrected chi connectivity index (χ3v) is 3.35. The lowest BCUT2D eigenvalue weighted by atomic mass is 10.1. The fraction of sp³-hybridized carbons (Fsp3) is 0.833. The summed E-state index contributed by atoms with van der Waals surface area (Å²) in [5.41, 5.74) is 0. The summed E-state index contributed by atoms with van der Waals surface area (Å²) in [5, 5.41) is 0. The predicted molar refractivity (Wildman–Crippen MR) is 61.9 cm³/mol. The van der Waals surface area contributed by atoms with E-state index in [1.807, 2.05) is 6.92 Å². The Morgan fingerprint density at radius 2 is 2.06 bits per heavy atom. The highest BCUT2D eigenvalue weighted by Crippen LogP contribution is 2.21. The molecule has 2 saturated heterocycles. The molecule has 0 radical (unpaired) electrons. The normalized spacial score (nSPS) is 32.3. The number of nitrogens with zero attached hydrogens (tertiary/aromatic N) is 1. The molecule has 0 aromatic heterocycles. The zero-order chi connectivity index (χ0) is 13.1. The number of methoxy groups -OCH3 is 1. The molecule has 3 unspecified atom stereocenters. The molecular weight excluding hydrogens is 238 g/mol. The number of amides is 1. The van der Waals surface area contributed by atoms with Crippen LogP contribution in [0.1, 0.15) is 19.8 Å². The second-order valence-corrected chi connectivity index (χ2v) is 4.68. The van der Waals surface area contributed by atoms with Crippen LogP contribution in [0.4, 0.5) is 0 Å². The number of hydrogen-bond donors (Lipinski definition) is 0. The fourth-order valence-corrected chi connectivity index (χ4v) is 2.31. The molecule has 0 aromatic rings. The molecule has 0 bridgehead atoms. The van der Waals surface area contributed by atoms with Gasteiger partial charge < -0.3 is 19.1 Å². The van der Waals surface area contributed by atoms with Gasteiger partial charge in [-0.15, -0.1) is 0 Å². The van der Waals surface area contributed by atoms with Crippen LogP contribution < -0.4 is 0 Å². The third kappa shape index (κ3) is 2.81. The van der Waals surface area contributed by atoms with E-state index in [2.05, 4.69) is 4.74 Å². The molecule has 1 amide bonds. The molecule has 2 heterocycles. The standard InChI is InChI=1S/C12H19NO5/c1-8-3-4-9(18-8)11(14)13-5-6-17-10(7-13)12(15)16-2/h8-10H,3-7H2,1-2H3. The number of morpholine rings is 1. The lowest BCUT2D eigenvalue weighted by Gasteiger charge is -2.32. The van der Waals surface area contributed by atoms with Crippen molar-refractivity contribution >= 4 is 11.9 Å². The molecule has 6 nitrogen and oxygen atoms in total. The summed E-state index contributed by atoms with van der Waals surface area (Å²) in [6, 6.07) is 0. The van der Waals surface area contributed by atoms with Crippen molar-refractivity contribution < 1.29 is 23.8 Å². The average molecular weight is 257 g/mol. The number of rotatable bonds is 2. The first-order chi connectivity index (χ1) is 8.61. The molecule has 0 N–H and O–H groups in total. The van der Waals surface area contributed by atoms with E-state index in [1.165, 1.54) is 7.11 Å². The van der Waals surface area contributed by atoms with Gasteiger partial charge in [-0.25, -0.2) is 4.79 Å². The molecule has 2 fully saturated rings. The van der Waals surface area contributed by atoms with Crippen molar-refractivity contribution in [2.75, 3.05) is 26.8 Å². The van der Waals surface area contributed by atoms with Gasteiger partial charge in [0.1, 0.15) is 6.10 Å². The van der Waals surface area contributed by atoms with Crippen LogP contribution in [0.2, 0.25) is 0 Å². The Morgan fingerprint density at radius 3 is 2.67 bits per heavy atom. The Morgan fingerprint density at radius 1 is 1.28 bits per heavy atom. The van der Waals surface area contributed by atoms with Crippen molar-refractivity contribution in [1.82, 2.24) is 4.90 Å². The van der Waals surface area contributed by atoms with E-state index in [0.717, 1.165) is 12.8 Å². The molecule has 2 aliphatic heterocycles. The quantitative estimate of drug-likeness (QED) is 0.649. The molecule has 6 heteroatoms. The van der Waals surface area contributed by atoms with Crippen molar-refractivity contribution in [1.29, 1.82) is 0 Å². The topological polar surface area (TPSA) is 65.1 Å². The summed E-state index contributed by atoms with van der Waals surface area (Å²) in [4.78, 5) is 25.2. The molecule has 0 aliphatic carbocycles. The molecule has 0 aromatic carbocycles. The highest BCUT2D eigenvalue weighted by molar-refractivity contribution is 5.82. The first kappa shape index (κ1) is 13.3. The van der Waals surface area contributed by atoms with E-state index in [4.69, 9.17) is 9.47 Å². The van der Waals surface area contributed by atoms with Crippen molar-refractivity contribution in [2.24, 2.45) is 0 Å². The Labute approximate surface area is 106 Å². The number of hydrogen-bond acceptors (Lipinski definition) is 5. The third-order valence-electron chi connectivity index (χ3n) is 3.35. The van der Waals surface area contributed by atoms with E-state index in [0.29, 0.717) is 13.2 Å². The van der Waals surface area contributed by atoms with Gasteiger partial charge in [-0.2, -0.15) is 0 Å². The first-order valence-electron chi connectivity index (χ1n) is 6.25. The maximum absolute atomic E-state index is 12.2. The van der Waals surface area contributed by atoms with Gasteiger partial charge in [-0.3, -0.25) is 4.79 Å². The molecule has 2 aliphatic rings. The van der Waals surface area contributed by atoms with Crippen LogP contribution in [0.3, 0.4) is 0 Å². The second-order valence-electron chi connectivity index (χ2n) is 4.68. The van der Waals surface area contributed by atoms with Gasteiger partial charge >= 0.3 is 5.97 Å². The van der Waals surface area contributed by atoms with Crippen molar-refractivity contribution in [2.45, 2.75) is 38.1 Å². The van der Waals surface area contributed by atoms with Crippen LogP contribution in [-0.4, -0.2) is 61.9 Å². The van der Waals surface area contributed by atoms with Crippen LogP contribution in [-0.2, 0) is 23.8 Å². The number of ether oxygens (including phenoxy) is 3. The minimum absolute atomic E-state index is 0.0449. The van der Waals surface area contributed by atoms with Gasteiger partial charge in [-0.1, -0.05) is 0 Å². The zero-order valence-electron chi connectivity index (χ0n) is 10.8. The summed E-state index contributed by atoms with van der Waals surface area (Å²) >= 11 is 0. The Hall–Kier alpha value is -1.14. The fourth-order valence-electron chi connectivity index (χ4n) is 2.31. The van der Waals surface area contributed by atoms with Crippen LogP contribution in [0.15, 0.2) is 0 Å². The number of esters is 1. The second kappa shape index (κ2) is 5.67. The van der Waals surface area contributed by atoms with Crippen LogP contribution in [0, 0.1) is 0 Å². The van der Waals surface area contributed by atoms with Crippen molar-refractivity contribution in [3.05, 3.63) is 0 Å². The lowest BCUT2D eigenvalue weighted by Crippen LogP contribution is -2.51. The largest absolute Gasteiger partial charge is 0.467 e. The summed E-state index contributed by atoms with van der Waals surface area (Å²) < 4.78 is 15.5. The first-order valence-corrected chi connectivity index (χ1v) is 6.25. The van der Waals surface area contributed by atoms with E-state index < -0.39 is 12.1 Å². The molecule has 3 atom stereocenters. The molecule has 18 heavy (non-hydrogen) atoms. The van der Waals surface area contributed by atoms with Crippen molar-refractivity contribution in [3.8, 4) is 0 Å². The van der Waals surface area contributed by atoms with E-state index in [1.54, 1.807) is 4.90 Å². The average Bonchev–Trinajstić information content (AvgIpc) is 2.83. The molecule has 0 saturated carbocycles. The number of carbonyl (C=O) groups is 2. The Bertz CT molecular complexity index is 332. The zero-order valence-corrected chi connectivity index (χ0v) is 10.8. The molecule has 0 spiro atoms. The maximum atomic E-state index is 12.2. The molecular formula is C12H19NO5. The van der Waals surface area contributed by atoms with Gasteiger partial charge in [0.15, 0.2) is 6.10 Å². The van der Waals surface area contributed by atoms with Gasteiger partial charge in [0.25, 0.3) is 5.91 Å². The Kier molecular flexibility index (Phi) is 4.19. The summed E-state index contributed by atoms with van der Waals surface area (Å²) in [6.07, 6.45) is 0.751. The highest BCUT2D eigenvalue weighted by atomic mass is 16.6. The van der Waals surface area contributed by atoms with Crippen LogP contribution >= 0.6 is 0 Å². The van der Waals surface area contributed by atoms with E-state index in [9.17, 15) is 9.59 Å². The van der Waals surface area contributed by atoms with Crippen molar-refractivity contribution in [3.63, 3.8) is 0 Å². The molecule has 102 valence electrons. The number of carbonyl (C=O) groups excluding carboxylic acids is 2. The van der Waals surface area contributed by atoms with Crippen LogP contribution in [0.5, 0.6) is 0 Å². The molecule has 2 rings (SSSR count). The predicted octanol–water partition coefficient (Wildman–Crippen LogP) is -0.0457. The van der Waals surface area contributed by atoms with Gasteiger partial charge in [0.2, 0.25) is 0 Å². The minimum atomic E-state index is -0.675. The maximum Gasteiger partial charge on any atom is 0.336 e. The SMILES string of the molecule is COC(=O)C1CN(C(=O)C2CCC(C)O2)CCO1. The van der Waals surface area contributed by atoms with Gasteiger partial charge in [0, 0.05) is 6.54 Å². The van der Waals surface area contributed by atoms with Gasteiger partial charge in [0.05, 0.1) is 26.4 Å². The Balaban J connectivity index is 1.92. The highest BCUT2D eigenvalue weighted by Gasteiger charge is 2.36. The van der Waals surface area contributed by atoms with E-state index in [-0.39, 0.29) is 24.7 Å². The lowest BCUT2D eigenvalue weighted by molar-refractivity contribution is -0.165. The van der Waals surface area contributed by atoms with E-state index >= 15 is 0 Å². The summed E-state index contributed by atoms with van der Waals surface area (Å²) in [7, 11) is 1.31. The summed E-state index contributed by atoms with van der Waals surface area (Å²) in [5.74, 6) is -0.482. The monoisotopic (exact) mass is 257 g/mol. The minimum Gasteiger partial charge on any atom is -0.467 e. The van der Waals surface area contributed by atoms with Crippen LogP contribution in [0.25, 0.3) is 0 Å². The summed E-state index contributed by atoms with van der Waals surface area (Å²) in [6.45, 7) is 3.07. The van der Waals surface area contributed by atoms with Gasteiger partial charge in [-0.05, 0) is 19.8 Å².